The topological polar surface area (TPSA) is 59.0 Å². The fraction of sp³-hybridized carbons (Fsp3) is 0.389. The lowest BCUT2D eigenvalue weighted by atomic mass is 9.94. The lowest BCUT2D eigenvalue weighted by molar-refractivity contribution is -0.139. The molecule has 25 heavy (non-hydrogen) atoms. The summed E-state index contributed by atoms with van der Waals surface area (Å²) in [6.07, 6.45) is 2.01. The van der Waals surface area contributed by atoms with Gasteiger partial charge in [-0.2, -0.15) is 0 Å². The molecule has 1 aromatic rings. The van der Waals surface area contributed by atoms with Gasteiger partial charge in [0.25, 0.3) is 0 Å². The van der Waals surface area contributed by atoms with Crippen LogP contribution in [-0.4, -0.2) is 40.1 Å². The van der Waals surface area contributed by atoms with E-state index < -0.39 is 12.0 Å². The maximum absolute atomic E-state index is 12.7. The van der Waals surface area contributed by atoms with Crippen molar-refractivity contribution in [2.45, 2.75) is 37.0 Å². The molecule has 1 amide bonds. The Bertz CT molecular complexity index is 771. The molecule has 0 spiro atoms. The largest absolute Gasteiger partial charge is 0.463 e. The van der Waals surface area contributed by atoms with E-state index in [4.69, 9.17) is 4.74 Å². The number of thioether (sulfide) groups is 2. The summed E-state index contributed by atoms with van der Waals surface area (Å²) < 4.78 is 5.24. The first kappa shape index (κ1) is 18.1. The van der Waals surface area contributed by atoms with E-state index in [2.05, 4.69) is 4.99 Å². The summed E-state index contributed by atoms with van der Waals surface area (Å²) in [5.41, 5.74) is 1.93. The van der Waals surface area contributed by atoms with Gasteiger partial charge in [-0.15, -0.1) is 11.8 Å². The van der Waals surface area contributed by atoms with Crippen molar-refractivity contribution >= 4 is 40.6 Å². The average Bonchev–Trinajstić information content (AvgIpc) is 2.88. The Labute approximate surface area is 155 Å². The van der Waals surface area contributed by atoms with Gasteiger partial charge in [-0.05, 0) is 44.7 Å². The maximum Gasteiger partial charge on any atom is 0.338 e. The minimum Gasteiger partial charge on any atom is -0.463 e. The van der Waals surface area contributed by atoms with E-state index in [-0.39, 0.29) is 17.8 Å². The molecular weight excluding hydrogens is 356 g/mol. The van der Waals surface area contributed by atoms with Crippen LogP contribution in [0, 0.1) is 0 Å². The van der Waals surface area contributed by atoms with E-state index in [1.807, 2.05) is 37.4 Å². The predicted octanol–water partition coefficient (Wildman–Crippen LogP) is 3.62. The third kappa shape index (κ3) is 3.22. The van der Waals surface area contributed by atoms with Crippen molar-refractivity contribution < 1.29 is 14.3 Å². The van der Waals surface area contributed by atoms with Crippen LogP contribution < -0.4 is 0 Å². The van der Waals surface area contributed by atoms with Gasteiger partial charge in [0.05, 0.1) is 29.2 Å². The Morgan fingerprint density at radius 2 is 2.04 bits per heavy atom. The van der Waals surface area contributed by atoms with Gasteiger partial charge in [0.1, 0.15) is 0 Å². The van der Waals surface area contributed by atoms with Gasteiger partial charge in [-0.25, -0.2) is 9.79 Å². The highest BCUT2D eigenvalue weighted by atomic mass is 32.2. The van der Waals surface area contributed by atoms with E-state index in [9.17, 15) is 9.59 Å². The highest BCUT2D eigenvalue weighted by Gasteiger charge is 2.46. The van der Waals surface area contributed by atoms with Gasteiger partial charge in [0.15, 0.2) is 5.17 Å². The molecule has 0 aliphatic carbocycles. The van der Waals surface area contributed by atoms with Crippen molar-refractivity contribution in [2.24, 2.45) is 4.99 Å². The second kappa shape index (κ2) is 7.25. The molecule has 1 saturated heterocycles. The molecule has 0 radical (unpaired) electrons. The van der Waals surface area contributed by atoms with Crippen LogP contribution in [0.2, 0.25) is 0 Å². The fourth-order valence-corrected chi connectivity index (χ4v) is 4.41. The molecule has 3 rings (SSSR count). The van der Waals surface area contributed by atoms with Gasteiger partial charge in [-0.1, -0.05) is 23.9 Å². The minimum absolute atomic E-state index is 0.0306. The number of carbonyl (C=O) groups excluding carboxylic acids is 2. The van der Waals surface area contributed by atoms with E-state index in [0.29, 0.717) is 16.4 Å². The minimum atomic E-state index is -0.493. The molecule has 2 aliphatic heterocycles. The molecule has 2 aliphatic rings. The molecule has 132 valence electrons. The van der Waals surface area contributed by atoms with E-state index in [1.54, 1.807) is 30.5 Å². The van der Waals surface area contributed by atoms with Gasteiger partial charge < -0.3 is 4.74 Å². The lowest BCUT2D eigenvalue weighted by Crippen LogP contribution is -2.40. The summed E-state index contributed by atoms with van der Waals surface area (Å²) in [6.45, 7) is 5.71. The Hall–Kier alpha value is -1.73. The van der Waals surface area contributed by atoms with Crippen LogP contribution in [0.5, 0.6) is 0 Å². The highest BCUT2D eigenvalue weighted by Crippen LogP contribution is 2.43. The first-order valence-corrected chi connectivity index (χ1v) is 10.2. The summed E-state index contributed by atoms with van der Waals surface area (Å²) in [5.74, 6) is -0.448. The molecule has 0 aromatic heterocycles. The number of allylic oxidation sites excluding steroid dienone is 1. The summed E-state index contributed by atoms with van der Waals surface area (Å²) in [4.78, 5) is 32.6. The number of nitrogens with zero attached hydrogens (tertiary/aromatic N) is 2. The number of hydrogen-bond donors (Lipinski definition) is 0. The number of carbonyl (C=O) groups is 2. The van der Waals surface area contributed by atoms with Crippen LogP contribution in [0.15, 0.2) is 45.4 Å². The molecule has 7 heteroatoms. The Kier molecular flexibility index (Phi) is 5.24. The van der Waals surface area contributed by atoms with Gasteiger partial charge >= 0.3 is 5.97 Å². The Morgan fingerprint density at radius 1 is 1.36 bits per heavy atom. The van der Waals surface area contributed by atoms with Crippen molar-refractivity contribution in [2.75, 3.05) is 12.9 Å². The predicted molar refractivity (Wildman–Crippen MR) is 102 cm³/mol. The number of rotatable bonds is 4. The maximum atomic E-state index is 12.7. The van der Waals surface area contributed by atoms with E-state index in [0.717, 1.165) is 10.5 Å². The molecule has 0 saturated carbocycles. The van der Waals surface area contributed by atoms with Crippen molar-refractivity contribution in [3.8, 4) is 0 Å². The molecule has 2 heterocycles. The van der Waals surface area contributed by atoms with Crippen LogP contribution in [0.1, 0.15) is 32.4 Å². The van der Waals surface area contributed by atoms with Crippen LogP contribution >= 0.6 is 23.5 Å². The molecule has 0 unspecified atom stereocenters. The summed E-state index contributed by atoms with van der Waals surface area (Å²) >= 11 is 3.08. The van der Waals surface area contributed by atoms with Crippen molar-refractivity contribution in [3.63, 3.8) is 0 Å². The quantitative estimate of drug-likeness (QED) is 0.593. The molecule has 0 N–H and O–H groups in total. The lowest BCUT2D eigenvalue weighted by Gasteiger charge is -2.33. The molecule has 5 nitrogen and oxygen atoms in total. The number of amides is 1. The molecule has 1 fully saturated rings. The van der Waals surface area contributed by atoms with Crippen LogP contribution in [-0.2, 0) is 14.3 Å². The number of benzene rings is 1. The monoisotopic (exact) mass is 376 g/mol. The zero-order chi connectivity index (χ0) is 18.1. The number of amidine groups is 1. The smallest absolute Gasteiger partial charge is 0.338 e. The van der Waals surface area contributed by atoms with Crippen molar-refractivity contribution in [1.29, 1.82) is 0 Å². The standard InChI is InChI=1S/C18H20N2O3S2/c1-5-23-17(22)14-10(2)19-18-20(16(21)11(3)25-18)15(14)12-6-8-13(24-4)9-7-12/h6-9,11,15H,5H2,1-4H3/t11-,15-/m0/s1. The second-order valence-corrected chi connectivity index (χ2v) is 7.95. The normalized spacial score (nSPS) is 22.8. The number of fused-ring (bicyclic) bond motifs is 1. The first-order valence-electron chi connectivity index (χ1n) is 8.08. The van der Waals surface area contributed by atoms with Crippen LogP contribution in [0.4, 0.5) is 0 Å². The zero-order valence-electron chi connectivity index (χ0n) is 14.6. The number of aliphatic imine (C=N–C) groups is 1. The number of ether oxygens (including phenoxy) is 1. The third-order valence-electron chi connectivity index (χ3n) is 4.19. The van der Waals surface area contributed by atoms with E-state index in [1.165, 1.54) is 11.8 Å². The number of esters is 1. The Balaban J connectivity index is 2.12. The molecule has 2 atom stereocenters. The van der Waals surface area contributed by atoms with Gasteiger partial charge in [0, 0.05) is 4.90 Å². The third-order valence-corrected chi connectivity index (χ3v) is 5.98. The van der Waals surface area contributed by atoms with Crippen LogP contribution in [0.25, 0.3) is 0 Å². The van der Waals surface area contributed by atoms with Crippen molar-refractivity contribution in [1.82, 2.24) is 4.90 Å². The fourth-order valence-electron chi connectivity index (χ4n) is 2.97. The highest BCUT2D eigenvalue weighted by molar-refractivity contribution is 8.15. The molecular formula is C18H20N2O3S2. The van der Waals surface area contributed by atoms with Gasteiger partial charge in [0.2, 0.25) is 5.91 Å². The average molecular weight is 377 g/mol. The number of hydrogen-bond acceptors (Lipinski definition) is 6. The summed E-state index contributed by atoms with van der Waals surface area (Å²) in [7, 11) is 0. The zero-order valence-corrected chi connectivity index (χ0v) is 16.2. The van der Waals surface area contributed by atoms with Gasteiger partial charge in [-0.3, -0.25) is 9.69 Å². The Morgan fingerprint density at radius 3 is 2.64 bits per heavy atom. The molecule has 1 aromatic carbocycles. The summed E-state index contributed by atoms with van der Waals surface area (Å²) in [6, 6.07) is 7.44. The first-order chi connectivity index (χ1) is 12.0. The summed E-state index contributed by atoms with van der Waals surface area (Å²) in [5, 5.41) is 0.447. The SMILES string of the molecule is CCOC(=O)C1=C(C)N=C2S[C@@H](C)C(=O)N2[C@H]1c1ccc(SC)cc1. The second-order valence-electron chi connectivity index (χ2n) is 5.76. The van der Waals surface area contributed by atoms with Crippen molar-refractivity contribution in [3.05, 3.63) is 41.1 Å². The van der Waals surface area contributed by atoms with Crippen LogP contribution in [0.3, 0.4) is 0 Å². The van der Waals surface area contributed by atoms with E-state index >= 15 is 0 Å². The molecule has 0 bridgehead atoms.